The summed E-state index contributed by atoms with van der Waals surface area (Å²) in [6.45, 7) is 20.5. The molecule has 0 saturated heterocycles. The quantitative estimate of drug-likeness (QED) is 0.0852. The van der Waals surface area contributed by atoms with Gasteiger partial charge in [0.2, 0.25) is 0 Å². The minimum atomic E-state index is 0.0826. The first-order chi connectivity index (χ1) is 45.1. The lowest BCUT2D eigenvalue weighted by molar-refractivity contribution is 0.506. The number of pyridine rings is 6. The van der Waals surface area contributed by atoms with E-state index in [1.54, 1.807) is 0 Å². The average molecular weight is 1210 g/mol. The molecule has 6 heterocycles. The molecular formula is C87H78N6. The van der Waals surface area contributed by atoms with Crippen molar-refractivity contribution in [2.75, 3.05) is 0 Å². The van der Waals surface area contributed by atoms with Gasteiger partial charge in [-0.1, -0.05) is 226 Å². The van der Waals surface area contributed by atoms with Gasteiger partial charge in [-0.25, -0.2) is 15.0 Å². The Bertz CT molecular complexity index is 4230. The van der Waals surface area contributed by atoms with Gasteiger partial charge in [0.25, 0.3) is 0 Å². The predicted octanol–water partition coefficient (Wildman–Crippen LogP) is 23.1. The maximum absolute atomic E-state index is 5.21. The van der Waals surface area contributed by atoms with Gasteiger partial charge in [0.05, 0.1) is 51.2 Å². The highest BCUT2D eigenvalue weighted by Crippen LogP contribution is 2.40. The first-order valence-corrected chi connectivity index (χ1v) is 32.7. The van der Waals surface area contributed by atoms with E-state index in [0.29, 0.717) is 0 Å². The molecule has 13 aromatic rings. The molecule has 6 aromatic heterocycles. The van der Waals surface area contributed by atoms with Crippen LogP contribution < -0.4 is 0 Å². The second-order valence-corrected chi connectivity index (χ2v) is 26.5. The van der Waals surface area contributed by atoms with Crippen molar-refractivity contribution in [3.05, 3.63) is 290 Å². The molecule has 0 radical (unpaired) electrons. The van der Waals surface area contributed by atoms with E-state index in [2.05, 4.69) is 263 Å². The standard InChI is InChI=1S/C87H78N6/c1-10-85(4,5)73-40-34-64(35-41-73)79-52-70(55-82(91-79)76-19-13-16-46-88-76)61-28-22-58(23-29-61)67-49-68(59-24-30-62(31-25-59)71-53-80(92-83(56-71)77-20-14-17-47-89-77)65-36-42-74(43-37-65)86(6,7)11-2)51-69(50-67)60-26-32-63(33-27-60)72-54-81(93-84(57-72)78-21-15-18-48-90-78)66-38-44-75(45-39-66)87(8,9)12-3/h13-57H,10-12H2,1-9H3. The summed E-state index contributed by atoms with van der Waals surface area (Å²) >= 11 is 0. The molecule has 93 heavy (non-hydrogen) atoms. The van der Waals surface area contributed by atoms with E-state index >= 15 is 0 Å². The van der Waals surface area contributed by atoms with Crippen LogP contribution in [0.4, 0.5) is 0 Å². The Morgan fingerprint density at radius 1 is 0.204 bits per heavy atom. The van der Waals surface area contributed by atoms with Gasteiger partial charge in [0.15, 0.2) is 0 Å². The van der Waals surface area contributed by atoms with Crippen LogP contribution in [0.2, 0.25) is 0 Å². The minimum absolute atomic E-state index is 0.0826. The first-order valence-electron chi connectivity index (χ1n) is 32.7. The van der Waals surface area contributed by atoms with Crippen LogP contribution in [0.3, 0.4) is 0 Å². The van der Waals surface area contributed by atoms with Gasteiger partial charge in [-0.15, -0.1) is 0 Å². The molecule has 13 rings (SSSR count). The third-order valence-electron chi connectivity index (χ3n) is 19.4. The molecule has 0 N–H and O–H groups in total. The molecular weight excluding hydrogens is 1130 g/mol. The fourth-order valence-corrected chi connectivity index (χ4v) is 12.1. The number of hydrogen-bond acceptors (Lipinski definition) is 6. The Morgan fingerprint density at radius 3 is 0.613 bits per heavy atom. The molecule has 0 aliphatic heterocycles. The molecule has 6 nitrogen and oxygen atoms in total. The summed E-state index contributed by atoms with van der Waals surface area (Å²) in [7, 11) is 0. The largest absolute Gasteiger partial charge is 0.255 e. The monoisotopic (exact) mass is 1210 g/mol. The Morgan fingerprint density at radius 2 is 0.409 bits per heavy atom. The molecule has 0 aliphatic rings. The van der Waals surface area contributed by atoms with Crippen LogP contribution in [0.15, 0.2) is 273 Å². The summed E-state index contributed by atoms with van der Waals surface area (Å²) in [6, 6.07) is 91.9. The van der Waals surface area contributed by atoms with Gasteiger partial charge in [-0.05, 0) is 210 Å². The first kappa shape index (κ1) is 61.3. The molecule has 0 amide bonds. The molecule has 0 spiro atoms. The van der Waals surface area contributed by atoms with Crippen molar-refractivity contribution in [1.82, 2.24) is 29.9 Å². The Labute approximate surface area is 549 Å². The Hall–Kier alpha value is -10.6. The highest BCUT2D eigenvalue weighted by Gasteiger charge is 2.22. The van der Waals surface area contributed by atoms with Crippen molar-refractivity contribution < 1.29 is 0 Å². The maximum atomic E-state index is 5.21. The summed E-state index contributed by atoms with van der Waals surface area (Å²) in [6.07, 6.45) is 8.67. The van der Waals surface area contributed by atoms with Crippen LogP contribution in [0.25, 0.3) is 135 Å². The van der Waals surface area contributed by atoms with E-state index in [9.17, 15) is 0 Å². The van der Waals surface area contributed by atoms with Crippen molar-refractivity contribution in [3.63, 3.8) is 0 Å². The van der Waals surface area contributed by atoms with Crippen molar-refractivity contribution >= 4 is 0 Å². The van der Waals surface area contributed by atoms with Crippen LogP contribution >= 0.6 is 0 Å². The van der Waals surface area contributed by atoms with Gasteiger partial charge >= 0.3 is 0 Å². The highest BCUT2D eigenvalue weighted by atomic mass is 14.8. The maximum Gasteiger partial charge on any atom is 0.0899 e. The molecule has 0 aliphatic carbocycles. The average Bonchev–Trinajstić information content (AvgIpc) is 1.20. The lowest BCUT2D eigenvalue weighted by Crippen LogP contribution is -2.14. The number of nitrogens with zero attached hydrogens (tertiary/aromatic N) is 6. The van der Waals surface area contributed by atoms with Gasteiger partial charge < -0.3 is 0 Å². The second kappa shape index (κ2) is 26.0. The van der Waals surface area contributed by atoms with Gasteiger partial charge in [0, 0.05) is 35.3 Å². The molecule has 6 heteroatoms. The zero-order chi connectivity index (χ0) is 64.3. The van der Waals surface area contributed by atoms with Gasteiger partial charge in [-0.3, -0.25) is 15.0 Å². The molecule has 456 valence electrons. The zero-order valence-corrected chi connectivity index (χ0v) is 54.8. The van der Waals surface area contributed by atoms with Crippen LogP contribution in [-0.4, -0.2) is 29.9 Å². The van der Waals surface area contributed by atoms with Crippen molar-refractivity contribution in [2.45, 2.75) is 97.8 Å². The Balaban J connectivity index is 0.888. The van der Waals surface area contributed by atoms with E-state index in [0.717, 1.165) is 154 Å². The van der Waals surface area contributed by atoms with Crippen molar-refractivity contribution in [3.8, 4) is 135 Å². The summed E-state index contributed by atoms with van der Waals surface area (Å²) < 4.78 is 0. The summed E-state index contributed by atoms with van der Waals surface area (Å²) in [5.74, 6) is 0. The molecule has 0 fully saturated rings. The summed E-state index contributed by atoms with van der Waals surface area (Å²) in [5.41, 5.74) is 28.3. The smallest absolute Gasteiger partial charge is 0.0899 e. The molecule has 7 aromatic carbocycles. The number of rotatable bonds is 18. The van der Waals surface area contributed by atoms with E-state index in [4.69, 9.17) is 29.9 Å². The van der Waals surface area contributed by atoms with E-state index in [1.807, 2.05) is 73.2 Å². The fourth-order valence-electron chi connectivity index (χ4n) is 12.1. The van der Waals surface area contributed by atoms with E-state index < -0.39 is 0 Å². The van der Waals surface area contributed by atoms with E-state index in [1.165, 1.54) is 16.7 Å². The van der Waals surface area contributed by atoms with Crippen LogP contribution in [0.5, 0.6) is 0 Å². The Kier molecular flexibility index (Phi) is 17.1. The molecule has 0 unspecified atom stereocenters. The lowest BCUT2D eigenvalue weighted by atomic mass is 9.82. The van der Waals surface area contributed by atoms with Crippen molar-refractivity contribution in [1.29, 1.82) is 0 Å². The third-order valence-corrected chi connectivity index (χ3v) is 19.4. The highest BCUT2D eigenvalue weighted by molar-refractivity contribution is 5.86. The molecule has 0 atom stereocenters. The van der Waals surface area contributed by atoms with Gasteiger partial charge in [-0.2, -0.15) is 0 Å². The third kappa shape index (κ3) is 13.3. The second-order valence-electron chi connectivity index (χ2n) is 26.5. The summed E-state index contributed by atoms with van der Waals surface area (Å²) in [4.78, 5) is 29.9. The zero-order valence-electron chi connectivity index (χ0n) is 54.8. The SMILES string of the molecule is CCC(C)(C)c1ccc(-c2cc(-c3ccc(-c4cc(-c5ccc(-c6cc(-c7ccc(C(C)(C)CC)cc7)nc(-c7ccccn7)c6)cc5)cc(-c5ccc(-c6cc(-c7ccc(C(C)(C)CC)cc7)nc(-c7ccccn7)c6)cc5)c4)cc3)cc(-c3ccccn3)n2)cc1. The minimum Gasteiger partial charge on any atom is -0.255 e. The molecule has 0 saturated carbocycles. The predicted molar refractivity (Wildman–Crippen MR) is 388 cm³/mol. The lowest BCUT2D eigenvalue weighted by Gasteiger charge is -2.23. The normalized spacial score (nSPS) is 11.8. The van der Waals surface area contributed by atoms with Crippen molar-refractivity contribution in [2.24, 2.45) is 0 Å². The van der Waals surface area contributed by atoms with Gasteiger partial charge in [0.1, 0.15) is 0 Å². The number of aromatic nitrogens is 6. The molecule has 0 bridgehead atoms. The summed E-state index contributed by atoms with van der Waals surface area (Å²) in [5, 5.41) is 0. The number of hydrogen-bond donors (Lipinski definition) is 0. The van der Waals surface area contributed by atoms with Crippen LogP contribution in [0.1, 0.15) is 98.3 Å². The van der Waals surface area contributed by atoms with E-state index in [-0.39, 0.29) is 16.2 Å². The number of benzene rings is 7. The van der Waals surface area contributed by atoms with Crippen LogP contribution in [-0.2, 0) is 16.2 Å². The topological polar surface area (TPSA) is 77.3 Å². The fraction of sp³-hybridized carbons (Fsp3) is 0.172. The van der Waals surface area contributed by atoms with Crippen LogP contribution in [0, 0.1) is 0 Å².